The number of alkyl halides is 5. The molecule has 0 saturated carbocycles. The molecule has 0 fully saturated rings. The van der Waals surface area contributed by atoms with E-state index in [2.05, 4.69) is 4.98 Å². The average molecular weight is 225 g/mol. The zero-order valence-corrected chi connectivity index (χ0v) is 7.05. The van der Waals surface area contributed by atoms with Gasteiger partial charge in [0.25, 0.3) is 6.43 Å². The van der Waals surface area contributed by atoms with Crippen molar-refractivity contribution in [1.82, 2.24) is 4.98 Å². The van der Waals surface area contributed by atoms with E-state index >= 15 is 0 Å². The van der Waals surface area contributed by atoms with E-state index in [1.165, 1.54) is 0 Å². The lowest BCUT2D eigenvalue weighted by atomic mass is 10.1. The zero-order chi connectivity index (χ0) is 11.6. The van der Waals surface area contributed by atoms with E-state index in [0.29, 0.717) is 6.20 Å². The molecule has 0 unspecified atom stereocenters. The fourth-order valence-corrected chi connectivity index (χ4v) is 0.921. The Labute approximate surface area is 80.7 Å². The summed E-state index contributed by atoms with van der Waals surface area (Å²) in [5, 5.41) is 0. The van der Waals surface area contributed by atoms with Gasteiger partial charge in [-0.2, -0.15) is 13.2 Å². The number of carbonyl (C=O) groups is 1. The van der Waals surface area contributed by atoms with Gasteiger partial charge in [-0.25, -0.2) is 8.78 Å². The third-order valence-corrected chi connectivity index (χ3v) is 1.62. The van der Waals surface area contributed by atoms with Gasteiger partial charge >= 0.3 is 6.18 Å². The minimum Gasteiger partial charge on any atom is -0.296 e. The van der Waals surface area contributed by atoms with Gasteiger partial charge in [-0.1, -0.05) is 0 Å². The van der Waals surface area contributed by atoms with Crippen LogP contribution in [0.2, 0.25) is 0 Å². The van der Waals surface area contributed by atoms with Gasteiger partial charge in [0.1, 0.15) is 5.69 Å². The minimum atomic E-state index is -4.75. The summed E-state index contributed by atoms with van der Waals surface area (Å²) in [5.74, 6) is 0. The molecule has 1 aromatic rings. The molecule has 2 nitrogen and oxygen atoms in total. The molecule has 0 aromatic carbocycles. The van der Waals surface area contributed by atoms with Crippen molar-refractivity contribution >= 4 is 6.29 Å². The Morgan fingerprint density at radius 1 is 1.33 bits per heavy atom. The lowest BCUT2D eigenvalue weighted by molar-refractivity contribution is -0.138. The van der Waals surface area contributed by atoms with Crippen molar-refractivity contribution in [3.63, 3.8) is 0 Å². The molecule has 1 rings (SSSR count). The molecule has 0 N–H and O–H groups in total. The Morgan fingerprint density at radius 3 is 2.33 bits per heavy atom. The summed E-state index contributed by atoms with van der Waals surface area (Å²) in [6.45, 7) is 0. The van der Waals surface area contributed by atoms with Gasteiger partial charge in [0, 0.05) is 11.8 Å². The normalized spacial score (nSPS) is 11.9. The van der Waals surface area contributed by atoms with E-state index in [1.54, 1.807) is 0 Å². The van der Waals surface area contributed by atoms with E-state index < -0.39 is 29.4 Å². The molecule has 1 heterocycles. The van der Waals surface area contributed by atoms with Crippen molar-refractivity contribution in [2.75, 3.05) is 0 Å². The molecule has 82 valence electrons. The molecule has 15 heavy (non-hydrogen) atoms. The smallest absolute Gasteiger partial charge is 0.296 e. The third kappa shape index (κ3) is 2.48. The van der Waals surface area contributed by atoms with Crippen molar-refractivity contribution in [1.29, 1.82) is 0 Å². The standard InChI is InChI=1S/C8H4F5NO/c9-7(10)5-1-4(8(11,12)13)2-14-6(5)3-15/h1-3,7H. The first-order valence-corrected chi connectivity index (χ1v) is 3.66. The number of nitrogens with zero attached hydrogens (tertiary/aromatic N) is 1. The Morgan fingerprint density at radius 2 is 1.93 bits per heavy atom. The first kappa shape index (κ1) is 11.5. The van der Waals surface area contributed by atoms with Gasteiger partial charge in [0.05, 0.1) is 5.56 Å². The second-order valence-corrected chi connectivity index (χ2v) is 2.61. The molecule has 0 bridgehead atoms. The quantitative estimate of drug-likeness (QED) is 0.572. The highest BCUT2D eigenvalue weighted by molar-refractivity contribution is 5.74. The average Bonchev–Trinajstić information content (AvgIpc) is 2.15. The maximum absolute atomic E-state index is 12.2. The van der Waals surface area contributed by atoms with E-state index in [9.17, 15) is 26.7 Å². The predicted molar refractivity (Wildman–Crippen MR) is 39.6 cm³/mol. The second-order valence-electron chi connectivity index (χ2n) is 2.61. The van der Waals surface area contributed by atoms with Crippen LogP contribution in [0, 0.1) is 0 Å². The largest absolute Gasteiger partial charge is 0.417 e. The predicted octanol–water partition coefficient (Wildman–Crippen LogP) is 2.85. The number of rotatable bonds is 2. The Hall–Kier alpha value is -1.53. The zero-order valence-electron chi connectivity index (χ0n) is 7.05. The van der Waals surface area contributed by atoms with Gasteiger partial charge in [-0.3, -0.25) is 9.78 Å². The number of hydrogen-bond donors (Lipinski definition) is 0. The van der Waals surface area contributed by atoms with Crippen LogP contribution in [0.5, 0.6) is 0 Å². The van der Waals surface area contributed by atoms with E-state index in [4.69, 9.17) is 0 Å². The highest BCUT2D eigenvalue weighted by atomic mass is 19.4. The fourth-order valence-electron chi connectivity index (χ4n) is 0.921. The Bertz CT molecular complexity index is 374. The van der Waals surface area contributed by atoms with Gasteiger partial charge in [-0.05, 0) is 6.07 Å². The summed E-state index contributed by atoms with van der Waals surface area (Å²) in [7, 11) is 0. The molecule has 0 radical (unpaired) electrons. The topological polar surface area (TPSA) is 30.0 Å². The first-order chi connectivity index (χ1) is 6.86. The highest BCUT2D eigenvalue weighted by Crippen LogP contribution is 2.31. The van der Waals surface area contributed by atoms with Gasteiger partial charge in [-0.15, -0.1) is 0 Å². The molecule has 7 heteroatoms. The summed E-state index contributed by atoms with van der Waals surface area (Å²) in [6.07, 6.45) is -7.59. The van der Waals surface area contributed by atoms with Crippen LogP contribution >= 0.6 is 0 Å². The van der Waals surface area contributed by atoms with E-state index in [0.717, 1.165) is 0 Å². The number of aromatic nitrogens is 1. The van der Waals surface area contributed by atoms with Crippen LogP contribution in [0.4, 0.5) is 22.0 Å². The monoisotopic (exact) mass is 225 g/mol. The molecular formula is C8H4F5NO. The maximum Gasteiger partial charge on any atom is 0.417 e. The summed E-state index contributed by atoms with van der Waals surface area (Å²) in [4.78, 5) is 13.2. The van der Waals surface area contributed by atoms with E-state index in [-0.39, 0.29) is 12.4 Å². The van der Waals surface area contributed by atoms with E-state index in [1.807, 2.05) is 0 Å². The van der Waals surface area contributed by atoms with Crippen LogP contribution in [-0.4, -0.2) is 11.3 Å². The number of halogens is 5. The number of aldehydes is 1. The minimum absolute atomic E-state index is 0.0123. The summed E-state index contributed by atoms with van der Waals surface area (Å²) in [5.41, 5.74) is -3.00. The SMILES string of the molecule is O=Cc1ncc(C(F)(F)F)cc1C(F)F. The highest BCUT2D eigenvalue weighted by Gasteiger charge is 2.32. The van der Waals surface area contributed by atoms with Gasteiger partial charge < -0.3 is 0 Å². The van der Waals surface area contributed by atoms with Crippen LogP contribution < -0.4 is 0 Å². The Balaban J connectivity index is 3.28. The Kier molecular flexibility index (Phi) is 3.01. The van der Waals surface area contributed by atoms with Crippen LogP contribution in [0.1, 0.15) is 28.0 Å². The van der Waals surface area contributed by atoms with Crippen LogP contribution in [-0.2, 0) is 6.18 Å². The molecule has 0 spiro atoms. The van der Waals surface area contributed by atoms with Crippen molar-refractivity contribution in [2.24, 2.45) is 0 Å². The van der Waals surface area contributed by atoms with Crippen molar-refractivity contribution in [3.8, 4) is 0 Å². The molecular weight excluding hydrogens is 221 g/mol. The van der Waals surface area contributed by atoms with Crippen LogP contribution in [0.25, 0.3) is 0 Å². The molecule has 0 amide bonds. The van der Waals surface area contributed by atoms with Gasteiger partial charge in [0.15, 0.2) is 6.29 Å². The summed E-state index contributed by atoms with van der Waals surface area (Å²) < 4.78 is 60.7. The molecule has 0 saturated heterocycles. The van der Waals surface area contributed by atoms with Crippen LogP contribution in [0.15, 0.2) is 12.3 Å². The lowest BCUT2D eigenvalue weighted by Gasteiger charge is -2.09. The number of hydrogen-bond acceptors (Lipinski definition) is 2. The molecule has 0 aliphatic heterocycles. The molecule has 0 aliphatic rings. The molecule has 0 atom stereocenters. The number of pyridine rings is 1. The summed E-state index contributed by atoms with van der Waals surface area (Å²) in [6, 6.07) is 0.224. The lowest BCUT2D eigenvalue weighted by Crippen LogP contribution is -2.08. The second kappa shape index (κ2) is 3.92. The third-order valence-electron chi connectivity index (χ3n) is 1.62. The van der Waals surface area contributed by atoms with Crippen molar-refractivity contribution in [3.05, 3.63) is 29.1 Å². The number of carbonyl (C=O) groups excluding carboxylic acids is 1. The molecule has 0 aliphatic carbocycles. The van der Waals surface area contributed by atoms with Crippen molar-refractivity contribution in [2.45, 2.75) is 12.6 Å². The fraction of sp³-hybridized carbons (Fsp3) is 0.250. The van der Waals surface area contributed by atoms with Crippen molar-refractivity contribution < 1.29 is 26.7 Å². The van der Waals surface area contributed by atoms with Crippen LogP contribution in [0.3, 0.4) is 0 Å². The van der Waals surface area contributed by atoms with Gasteiger partial charge in [0.2, 0.25) is 0 Å². The first-order valence-electron chi connectivity index (χ1n) is 3.66. The molecule has 1 aromatic heterocycles. The summed E-state index contributed by atoms with van der Waals surface area (Å²) >= 11 is 0. The maximum atomic E-state index is 12.2.